The number of amides is 2. The lowest BCUT2D eigenvalue weighted by atomic mass is 10.2. The van der Waals surface area contributed by atoms with Crippen LogP contribution in [-0.4, -0.2) is 18.6 Å². The molecule has 2 amide bonds. The van der Waals surface area contributed by atoms with Crippen molar-refractivity contribution in [1.29, 1.82) is 5.26 Å². The third kappa shape index (κ3) is 4.96. The molecule has 0 radical (unpaired) electrons. The highest BCUT2D eigenvalue weighted by Crippen LogP contribution is 2.29. The summed E-state index contributed by atoms with van der Waals surface area (Å²) in [5.74, 6) is 0. The lowest BCUT2D eigenvalue weighted by molar-refractivity contribution is 0.255. The Hall–Kier alpha value is -3.29. The summed E-state index contributed by atoms with van der Waals surface area (Å²) >= 11 is 5.91. The van der Waals surface area contributed by atoms with Gasteiger partial charge in [0.05, 0.1) is 17.7 Å². The molecular formula is C24H22ClN3O. The van der Waals surface area contributed by atoms with E-state index in [0.717, 1.165) is 11.4 Å². The normalized spacial score (nSPS) is 15.5. The third-order valence-electron chi connectivity index (χ3n) is 4.68. The van der Waals surface area contributed by atoms with Crippen LogP contribution in [0.5, 0.6) is 0 Å². The fraction of sp³-hybridized carbons (Fsp3) is 0.167. The lowest BCUT2D eigenvalue weighted by Crippen LogP contribution is -2.33. The Bertz CT molecular complexity index is 995. The van der Waals surface area contributed by atoms with Gasteiger partial charge in [-0.25, -0.2) is 4.79 Å². The van der Waals surface area contributed by atoms with Gasteiger partial charge in [-0.2, -0.15) is 5.26 Å². The molecule has 0 saturated carbocycles. The zero-order valence-electron chi connectivity index (χ0n) is 16.4. The van der Waals surface area contributed by atoms with Gasteiger partial charge in [0.25, 0.3) is 0 Å². The van der Waals surface area contributed by atoms with Crippen molar-refractivity contribution in [3.05, 3.63) is 95.0 Å². The molecule has 4 rings (SSSR count). The Kier molecular flexibility index (Phi) is 6.54. The van der Waals surface area contributed by atoms with Gasteiger partial charge in [0.15, 0.2) is 0 Å². The van der Waals surface area contributed by atoms with Gasteiger partial charge in [-0.3, -0.25) is 9.80 Å². The highest BCUT2D eigenvalue weighted by atomic mass is 35.5. The molecule has 0 bridgehead atoms. The van der Waals surface area contributed by atoms with Gasteiger partial charge in [-0.05, 0) is 62.4 Å². The number of hydrogen-bond acceptors (Lipinski definition) is 2. The van der Waals surface area contributed by atoms with E-state index in [4.69, 9.17) is 16.9 Å². The molecule has 0 spiro atoms. The van der Waals surface area contributed by atoms with Gasteiger partial charge in [0.1, 0.15) is 0 Å². The number of rotatable bonds is 2. The van der Waals surface area contributed by atoms with Crippen molar-refractivity contribution < 1.29 is 4.79 Å². The van der Waals surface area contributed by atoms with Gasteiger partial charge >= 0.3 is 6.03 Å². The van der Waals surface area contributed by atoms with Crippen molar-refractivity contribution in [3.8, 4) is 6.07 Å². The van der Waals surface area contributed by atoms with Crippen LogP contribution < -0.4 is 9.80 Å². The maximum absolute atomic E-state index is 12.7. The Morgan fingerprint density at radius 2 is 1.52 bits per heavy atom. The molecule has 1 aliphatic heterocycles. The Balaban J connectivity index is 0.000000252. The molecule has 29 heavy (non-hydrogen) atoms. The van der Waals surface area contributed by atoms with E-state index in [1.165, 1.54) is 5.56 Å². The Morgan fingerprint density at radius 1 is 0.931 bits per heavy atom. The largest absolute Gasteiger partial charge is 0.329 e. The van der Waals surface area contributed by atoms with E-state index >= 15 is 0 Å². The average molecular weight is 404 g/mol. The summed E-state index contributed by atoms with van der Waals surface area (Å²) in [5.41, 5.74) is 3.72. The standard InChI is InChI=1S/C17H17ClN2O.C7H5N/c1-12-3-7-16(8-4-12)20-13(2)11-19(17(20)21)15-9-5-14(18)6-10-15;8-6-7-4-2-1-3-5-7/h3-10,13H,11H2,1-2H3;1-5H. The molecule has 3 aromatic carbocycles. The highest BCUT2D eigenvalue weighted by Gasteiger charge is 2.36. The minimum absolute atomic E-state index is 0.00803. The van der Waals surface area contributed by atoms with E-state index in [2.05, 4.69) is 6.92 Å². The Labute approximate surface area is 176 Å². The number of anilines is 2. The van der Waals surface area contributed by atoms with Crippen LogP contribution in [0.3, 0.4) is 0 Å². The number of benzene rings is 3. The number of nitriles is 1. The van der Waals surface area contributed by atoms with Crippen LogP contribution in [0.2, 0.25) is 5.02 Å². The number of carbonyl (C=O) groups excluding carboxylic acids is 1. The average Bonchev–Trinajstić information content (AvgIpc) is 3.04. The van der Waals surface area contributed by atoms with Gasteiger partial charge in [0.2, 0.25) is 0 Å². The van der Waals surface area contributed by atoms with Crippen LogP contribution in [-0.2, 0) is 0 Å². The highest BCUT2D eigenvalue weighted by molar-refractivity contribution is 6.30. The van der Waals surface area contributed by atoms with Gasteiger partial charge in [-0.15, -0.1) is 0 Å². The second-order valence-corrected chi connectivity index (χ2v) is 7.34. The van der Waals surface area contributed by atoms with E-state index in [-0.39, 0.29) is 12.1 Å². The molecule has 146 valence electrons. The van der Waals surface area contributed by atoms with Crippen LogP contribution in [0, 0.1) is 18.3 Å². The first-order valence-corrected chi connectivity index (χ1v) is 9.75. The summed E-state index contributed by atoms with van der Waals surface area (Å²) in [5, 5.41) is 8.96. The molecule has 0 N–H and O–H groups in total. The van der Waals surface area contributed by atoms with Crippen molar-refractivity contribution in [3.63, 3.8) is 0 Å². The molecule has 5 heteroatoms. The number of hydrogen-bond donors (Lipinski definition) is 0. The minimum atomic E-state index is 0.00803. The predicted molar refractivity (Wildman–Crippen MR) is 118 cm³/mol. The van der Waals surface area contributed by atoms with Crippen molar-refractivity contribution in [2.24, 2.45) is 0 Å². The quantitative estimate of drug-likeness (QED) is 0.523. The van der Waals surface area contributed by atoms with E-state index in [9.17, 15) is 4.79 Å². The van der Waals surface area contributed by atoms with Crippen LogP contribution in [0.15, 0.2) is 78.9 Å². The van der Waals surface area contributed by atoms with Crippen LogP contribution in [0.4, 0.5) is 16.2 Å². The van der Waals surface area contributed by atoms with E-state index in [0.29, 0.717) is 17.1 Å². The molecule has 1 fully saturated rings. The summed E-state index contributed by atoms with van der Waals surface area (Å²) in [4.78, 5) is 16.3. The van der Waals surface area contributed by atoms with Crippen LogP contribution in [0.1, 0.15) is 18.1 Å². The fourth-order valence-corrected chi connectivity index (χ4v) is 3.29. The molecule has 1 aliphatic rings. The Morgan fingerprint density at radius 3 is 2.07 bits per heavy atom. The second kappa shape index (κ2) is 9.27. The zero-order valence-corrected chi connectivity index (χ0v) is 17.2. The summed E-state index contributed by atoms with van der Waals surface area (Å²) < 4.78 is 0. The van der Waals surface area contributed by atoms with Crippen LogP contribution >= 0.6 is 11.6 Å². The van der Waals surface area contributed by atoms with Crippen molar-refractivity contribution >= 4 is 29.0 Å². The zero-order chi connectivity index (χ0) is 20.8. The fourth-order valence-electron chi connectivity index (χ4n) is 3.16. The SMILES string of the molecule is Cc1ccc(N2C(=O)N(c3ccc(Cl)cc3)CC2C)cc1.N#Cc1ccccc1. The molecule has 4 nitrogen and oxygen atoms in total. The number of aryl methyl sites for hydroxylation is 1. The molecule has 1 atom stereocenters. The maximum Gasteiger partial charge on any atom is 0.329 e. The lowest BCUT2D eigenvalue weighted by Gasteiger charge is -2.21. The number of halogens is 1. The minimum Gasteiger partial charge on any atom is -0.292 e. The van der Waals surface area contributed by atoms with E-state index in [1.807, 2.05) is 84.6 Å². The van der Waals surface area contributed by atoms with Gasteiger partial charge in [-0.1, -0.05) is 47.5 Å². The molecule has 1 unspecified atom stereocenters. The molecule has 0 aliphatic carbocycles. The van der Waals surface area contributed by atoms with Crippen molar-refractivity contribution in [2.75, 3.05) is 16.3 Å². The topological polar surface area (TPSA) is 47.3 Å². The van der Waals surface area contributed by atoms with E-state index in [1.54, 1.807) is 17.0 Å². The number of urea groups is 1. The molecule has 1 heterocycles. The summed E-state index contributed by atoms with van der Waals surface area (Å²) in [7, 11) is 0. The summed E-state index contributed by atoms with van der Waals surface area (Å²) in [6.07, 6.45) is 0. The first-order valence-electron chi connectivity index (χ1n) is 9.37. The number of carbonyl (C=O) groups is 1. The van der Waals surface area contributed by atoms with Gasteiger partial charge in [0, 0.05) is 22.9 Å². The second-order valence-electron chi connectivity index (χ2n) is 6.90. The van der Waals surface area contributed by atoms with Crippen molar-refractivity contribution in [2.45, 2.75) is 19.9 Å². The molecule has 0 aromatic heterocycles. The predicted octanol–water partition coefficient (Wildman–Crippen LogP) is 6.04. The van der Waals surface area contributed by atoms with E-state index < -0.39 is 0 Å². The number of nitrogens with zero attached hydrogens (tertiary/aromatic N) is 3. The smallest absolute Gasteiger partial charge is 0.292 e. The summed E-state index contributed by atoms with van der Waals surface area (Å²) in [6, 6.07) is 26.7. The first kappa shape index (κ1) is 20.4. The monoisotopic (exact) mass is 403 g/mol. The molecule has 1 saturated heterocycles. The molecular weight excluding hydrogens is 382 g/mol. The van der Waals surface area contributed by atoms with Crippen LogP contribution in [0.25, 0.3) is 0 Å². The van der Waals surface area contributed by atoms with Gasteiger partial charge < -0.3 is 0 Å². The third-order valence-corrected chi connectivity index (χ3v) is 4.93. The maximum atomic E-state index is 12.7. The molecule has 3 aromatic rings. The van der Waals surface area contributed by atoms with Crippen molar-refractivity contribution in [1.82, 2.24) is 0 Å². The first-order chi connectivity index (χ1) is 14.0. The summed E-state index contributed by atoms with van der Waals surface area (Å²) in [6.45, 7) is 4.78.